The first-order chi connectivity index (χ1) is 11.0. The summed E-state index contributed by atoms with van der Waals surface area (Å²) in [6.07, 6.45) is 8.57. The fourth-order valence-electron chi connectivity index (χ4n) is 1.69. The van der Waals surface area contributed by atoms with Gasteiger partial charge in [-0.25, -0.2) is 4.79 Å². The second kappa shape index (κ2) is 18.8. The molecule has 5 heteroatoms. The number of esters is 1. The molecule has 0 spiro atoms. The van der Waals surface area contributed by atoms with Crippen LogP contribution in [0.15, 0.2) is 0 Å². The predicted molar refractivity (Wildman–Crippen MR) is 94.3 cm³/mol. The van der Waals surface area contributed by atoms with Gasteiger partial charge >= 0.3 is 12.1 Å². The van der Waals surface area contributed by atoms with Gasteiger partial charge in [0.1, 0.15) is 0 Å². The van der Waals surface area contributed by atoms with Gasteiger partial charge < -0.3 is 14.4 Å². The number of hydrogen-bond donors (Lipinski definition) is 0. The molecule has 0 heterocycles. The van der Waals surface area contributed by atoms with Crippen molar-refractivity contribution in [2.45, 2.75) is 85.5 Å². The Kier molecular flexibility index (Phi) is 19.6. The summed E-state index contributed by atoms with van der Waals surface area (Å²) in [4.78, 5) is 24.3. The second-order valence-electron chi connectivity index (χ2n) is 5.69. The average molecular weight is 331 g/mol. The smallest absolute Gasteiger partial charge is 0.412 e. The van der Waals surface area contributed by atoms with Crippen molar-refractivity contribution in [3.63, 3.8) is 0 Å². The molecule has 23 heavy (non-hydrogen) atoms. The average Bonchev–Trinajstić information content (AvgIpc) is 2.53. The van der Waals surface area contributed by atoms with E-state index in [1.54, 1.807) is 7.05 Å². The fourth-order valence-corrected chi connectivity index (χ4v) is 1.69. The van der Waals surface area contributed by atoms with E-state index in [0.29, 0.717) is 13.0 Å². The Morgan fingerprint density at radius 3 is 1.96 bits per heavy atom. The Morgan fingerprint density at radius 1 is 0.826 bits per heavy atom. The highest BCUT2D eigenvalue weighted by Crippen LogP contribution is 2.05. The highest BCUT2D eigenvalue weighted by Gasteiger charge is 2.10. The van der Waals surface area contributed by atoms with Crippen LogP contribution >= 0.6 is 0 Å². The van der Waals surface area contributed by atoms with Crippen molar-refractivity contribution < 1.29 is 19.1 Å². The van der Waals surface area contributed by atoms with Crippen LogP contribution in [0.1, 0.15) is 85.5 Å². The molecule has 0 aromatic heterocycles. The van der Waals surface area contributed by atoms with Crippen molar-refractivity contribution in [1.29, 1.82) is 0 Å². The van der Waals surface area contributed by atoms with Crippen LogP contribution in [0.3, 0.4) is 0 Å². The van der Waals surface area contributed by atoms with Crippen molar-refractivity contribution >= 4 is 12.1 Å². The molecule has 0 aliphatic rings. The molecule has 5 nitrogen and oxygen atoms in total. The Bertz CT molecular complexity index is 282. The van der Waals surface area contributed by atoms with E-state index in [-0.39, 0.29) is 12.8 Å². The lowest BCUT2D eigenvalue weighted by Crippen LogP contribution is -2.29. The Balaban J connectivity index is 0. The first-order valence-corrected chi connectivity index (χ1v) is 9.06. The quantitative estimate of drug-likeness (QED) is 0.299. The normalized spacial score (nSPS) is 9.61. The largest absolute Gasteiger partial charge is 0.428 e. The molecule has 0 unspecified atom stereocenters. The van der Waals surface area contributed by atoms with Gasteiger partial charge in [0.05, 0.1) is 0 Å². The second-order valence-corrected chi connectivity index (χ2v) is 5.69. The molecule has 0 atom stereocenters. The molecule has 0 aliphatic carbocycles. The topological polar surface area (TPSA) is 55.8 Å². The van der Waals surface area contributed by atoms with E-state index in [9.17, 15) is 9.59 Å². The van der Waals surface area contributed by atoms with Crippen molar-refractivity contribution in [3.8, 4) is 0 Å². The number of carbonyl (C=O) groups is 2. The van der Waals surface area contributed by atoms with Gasteiger partial charge in [-0.1, -0.05) is 66.2 Å². The Hall–Kier alpha value is -1.26. The van der Waals surface area contributed by atoms with Gasteiger partial charge in [-0.05, 0) is 12.8 Å². The minimum absolute atomic E-state index is 0.289. The molecule has 0 saturated heterocycles. The van der Waals surface area contributed by atoms with Gasteiger partial charge in [-0.2, -0.15) is 0 Å². The van der Waals surface area contributed by atoms with Crippen LogP contribution in [0.2, 0.25) is 0 Å². The van der Waals surface area contributed by atoms with Gasteiger partial charge in [0, 0.05) is 20.0 Å². The van der Waals surface area contributed by atoms with Gasteiger partial charge in [0.15, 0.2) is 0 Å². The third-order valence-electron chi connectivity index (χ3n) is 3.05. The van der Waals surface area contributed by atoms with Crippen LogP contribution < -0.4 is 0 Å². The molecular formula is C18H37NO4. The summed E-state index contributed by atoms with van der Waals surface area (Å²) < 4.78 is 9.73. The molecule has 0 N–H and O–H groups in total. The summed E-state index contributed by atoms with van der Waals surface area (Å²) in [6, 6.07) is 0. The maximum atomic E-state index is 11.5. The summed E-state index contributed by atoms with van der Waals surface area (Å²) in [5.74, 6) is -0.300. The summed E-state index contributed by atoms with van der Waals surface area (Å²) in [5.41, 5.74) is 0. The van der Waals surface area contributed by atoms with E-state index in [0.717, 1.165) is 32.1 Å². The number of nitrogens with zero attached hydrogens (tertiary/aromatic N) is 1. The molecule has 0 rings (SSSR count). The maximum Gasteiger partial charge on any atom is 0.412 e. The number of hydrogen-bond acceptors (Lipinski definition) is 4. The highest BCUT2D eigenvalue weighted by molar-refractivity contribution is 5.70. The lowest BCUT2D eigenvalue weighted by Gasteiger charge is -2.16. The molecule has 0 bridgehead atoms. The fraction of sp³-hybridized carbons (Fsp3) is 0.889. The van der Waals surface area contributed by atoms with Crippen molar-refractivity contribution in [2.24, 2.45) is 0 Å². The van der Waals surface area contributed by atoms with E-state index < -0.39 is 6.09 Å². The van der Waals surface area contributed by atoms with Crippen LogP contribution in [0.4, 0.5) is 4.79 Å². The summed E-state index contributed by atoms with van der Waals surface area (Å²) in [6.45, 7) is 8.82. The summed E-state index contributed by atoms with van der Waals surface area (Å²) in [7, 11) is 1.67. The molecule has 0 radical (unpaired) electrons. The number of amides is 1. The highest BCUT2D eigenvalue weighted by atomic mass is 16.7. The zero-order chi connectivity index (χ0) is 17.9. The van der Waals surface area contributed by atoms with Gasteiger partial charge in [-0.3, -0.25) is 4.79 Å². The first kappa shape index (κ1) is 24.0. The third kappa shape index (κ3) is 18.7. The Labute approximate surface area is 142 Å². The number of rotatable bonds is 11. The standard InChI is InChI=1S/C15H29NO4.C3H8/c1-4-6-8-9-10-11-14(17)19-13-20-15(18)16(3)12-7-5-2;1-3-2/h4-13H2,1-3H3;3H2,1-2H3. The molecular weight excluding hydrogens is 294 g/mol. The zero-order valence-electron chi connectivity index (χ0n) is 15.9. The van der Waals surface area contributed by atoms with Crippen molar-refractivity contribution in [1.82, 2.24) is 4.90 Å². The zero-order valence-corrected chi connectivity index (χ0v) is 15.9. The number of ether oxygens (including phenoxy) is 2. The minimum Gasteiger partial charge on any atom is -0.428 e. The van der Waals surface area contributed by atoms with Crippen molar-refractivity contribution in [2.75, 3.05) is 20.4 Å². The summed E-state index contributed by atoms with van der Waals surface area (Å²) >= 11 is 0. The lowest BCUT2D eigenvalue weighted by molar-refractivity contribution is -0.152. The van der Waals surface area contributed by atoms with E-state index in [1.807, 2.05) is 0 Å². The van der Waals surface area contributed by atoms with Gasteiger partial charge in [-0.15, -0.1) is 0 Å². The van der Waals surface area contributed by atoms with Gasteiger partial charge in [0.2, 0.25) is 6.79 Å². The van der Waals surface area contributed by atoms with E-state index >= 15 is 0 Å². The van der Waals surface area contributed by atoms with Gasteiger partial charge in [0.25, 0.3) is 0 Å². The molecule has 138 valence electrons. The van der Waals surface area contributed by atoms with Crippen LogP contribution in [0.5, 0.6) is 0 Å². The minimum atomic E-state index is -0.450. The predicted octanol–water partition coefficient (Wildman–Crippen LogP) is 5.13. The number of unbranched alkanes of at least 4 members (excludes halogenated alkanes) is 5. The Morgan fingerprint density at radius 2 is 1.39 bits per heavy atom. The molecule has 0 aliphatic heterocycles. The first-order valence-electron chi connectivity index (χ1n) is 9.06. The monoisotopic (exact) mass is 331 g/mol. The third-order valence-corrected chi connectivity index (χ3v) is 3.05. The maximum absolute atomic E-state index is 11.5. The number of carbonyl (C=O) groups excluding carboxylic acids is 2. The molecule has 1 amide bonds. The van der Waals surface area contributed by atoms with Crippen LogP contribution in [-0.2, 0) is 14.3 Å². The van der Waals surface area contributed by atoms with Crippen molar-refractivity contribution in [3.05, 3.63) is 0 Å². The van der Waals surface area contributed by atoms with Crippen LogP contribution in [-0.4, -0.2) is 37.3 Å². The van der Waals surface area contributed by atoms with E-state index in [1.165, 1.54) is 24.2 Å². The molecule has 0 aromatic rings. The van der Waals surface area contributed by atoms with E-state index in [4.69, 9.17) is 9.47 Å². The SMILES string of the molecule is CCC.CCCCCCCC(=O)OCOC(=O)N(C)CCCC. The lowest BCUT2D eigenvalue weighted by atomic mass is 10.1. The summed E-state index contributed by atoms with van der Waals surface area (Å²) in [5, 5.41) is 0. The molecule has 0 fully saturated rings. The molecule has 0 saturated carbocycles. The van der Waals surface area contributed by atoms with Crippen LogP contribution in [0.25, 0.3) is 0 Å². The van der Waals surface area contributed by atoms with Crippen LogP contribution in [0, 0.1) is 0 Å². The molecule has 0 aromatic carbocycles. The van der Waals surface area contributed by atoms with E-state index in [2.05, 4.69) is 27.7 Å².